The van der Waals surface area contributed by atoms with Crippen molar-refractivity contribution < 1.29 is 9.47 Å². The van der Waals surface area contributed by atoms with E-state index in [2.05, 4.69) is 37.9 Å². The van der Waals surface area contributed by atoms with Crippen LogP contribution in [0.4, 0.5) is 0 Å². The number of rotatable bonds is 3. The first kappa shape index (κ1) is 19.0. The van der Waals surface area contributed by atoms with Crippen LogP contribution in [-0.2, 0) is 9.47 Å². The zero-order valence-corrected chi connectivity index (χ0v) is 17.3. The highest BCUT2D eigenvalue weighted by Crippen LogP contribution is 2.55. The van der Waals surface area contributed by atoms with E-state index in [0.29, 0.717) is 35.9 Å². The van der Waals surface area contributed by atoms with Crippen molar-refractivity contribution in [2.45, 2.75) is 89.7 Å². The van der Waals surface area contributed by atoms with Crippen molar-refractivity contribution in [3.05, 3.63) is 12.2 Å². The van der Waals surface area contributed by atoms with Gasteiger partial charge in [-0.15, -0.1) is 0 Å². The first-order chi connectivity index (χ1) is 12.6. The maximum Gasteiger partial charge on any atom is 0.160 e. The number of fused-ring (bicyclic) bond motifs is 2. The number of hydrogen-bond acceptors (Lipinski definition) is 3. The number of piperidine rings is 1. The Balaban J connectivity index is 1.57. The molecule has 26 heavy (non-hydrogen) atoms. The summed E-state index contributed by atoms with van der Waals surface area (Å²) < 4.78 is 12.0. The molecule has 9 atom stereocenters. The maximum absolute atomic E-state index is 6.26. The van der Waals surface area contributed by atoms with E-state index in [1.54, 1.807) is 0 Å². The minimum absolute atomic E-state index is 0.0196. The molecule has 8 unspecified atom stereocenters. The molecule has 3 nitrogen and oxygen atoms in total. The molecular formula is C23H39NO2. The molecule has 2 heterocycles. The molecular weight excluding hydrogens is 322 g/mol. The van der Waals surface area contributed by atoms with Crippen molar-refractivity contribution in [2.75, 3.05) is 14.2 Å². The van der Waals surface area contributed by atoms with Crippen molar-refractivity contribution in [1.82, 2.24) is 4.90 Å². The zero-order valence-electron chi connectivity index (χ0n) is 17.3. The third-order valence-corrected chi connectivity index (χ3v) is 8.34. The number of allylic oxidation sites excluding steroid dienone is 1. The smallest absolute Gasteiger partial charge is 0.160 e. The standard InChI is InChI=1S/C23H39NO2/c1-15-8-7-10-18(24(15)3)12-13-20-19-11-6-5-9-17(19)14-21-22(20)16(2)26-23(21)25-4/h12-13,15-23H,5-11,14H2,1-4H3/b13-12+/t15?,16?,17?,18?,19?,20-,21?,22?,23?/m0/s1. The van der Waals surface area contributed by atoms with Gasteiger partial charge in [-0.2, -0.15) is 0 Å². The number of hydrogen-bond donors (Lipinski definition) is 0. The summed E-state index contributed by atoms with van der Waals surface area (Å²) in [7, 11) is 4.14. The molecule has 0 bridgehead atoms. The molecule has 0 amide bonds. The van der Waals surface area contributed by atoms with Gasteiger partial charge in [0, 0.05) is 25.1 Å². The molecule has 2 saturated carbocycles. The lowest BCUT2D eigenvalue weighted by Gasteiger charge is -2.47. The fraction of sp³-hybridized carbons (Fsp3) is 0.913. The van der Waals surface area contributed by atoms with E-state index >= 15 is 0 Å². The van der Waals surface area contributed by atoms with Gasteiger partial charge in [-0.1, -0.05) is 37.8 Å². The second-order valence-corrected chi connectivity index (χ2v) is 9.61. The third-order valence-electron chi connectivity index (χ3n) is 8.34. The number of nitrogens with zero attached hydrogens (tertiary/aromatic N) is 1. The third kappa shape index (κ3) is 3.40. The van der Waals surface area contributed by atoms with Crippen LogP contribution < -0.4 is 0 Å². The molecule has 4 fully saturated rings. The molecule has 0 N–H and O–H groups in total. The Kier molecular flexibility index (Phi) is 5.78. The van der Waals surface area contributed by atoms with Crippen LogP contribution in [0, 0.1) is 29.6 Å². The van der Waals surface area contributed by atoms with Gasteiger partial charge < -0.3 is 9.47 Å². The van der Waals surface area contributed by atoms with E-state index in [1.165, 1.54) is 51.4 Å². The van der Waals surface area contributed by atoms with Gasteiger partial charge in [0.2, 0.25) is 0 Å². The summed E-state index contributed by atoms with van der Waals surface area (Å²) >= 11 is 0. The van der Waals surface area contributed by atoms with Crippen LogP contribution in [0.1, 0.15) is 65.2 Å². The Hall–Kier alpha value is -0.380. The predicted octanol–water partition coefficient (Wildman–Crippen LogP) is 4.87. The summed E-state index contributed by atoms with van der Waals surface area (Å²) in [5, 5.41) is 0. The number of ether oxygens (including phenoxy) is 2. The molecule has 3 heteroatoms. The predicted molar refractivity (Wildman–Crippen MR) is 106 cm³/mol. The van der Waals surface area contributed by atoms with E-state index in [9.17, 15) is 0 Å². The number of likely N-dealkylation sites (N-methyl/N-ethyl adjacent to an activating group) is 1. The molecule has 2 saturated heterocycles. The summed E-state index contributed by atoms with van der Waals surface area (Å²) in [6, 6.07) is 1.34. The summed E-state index contributed by atoms with van der Waals surface area (Å²) in [5.41, 5.74) is 0. The molecule has 4 aliphatic rings. The van der Waals surface area contributed by atoms with E-state index in [-0.39, 0.29) is 6.29 Å². The minimum atomic E-state index is 0.0196. The molecule has 0 aromatic carbocycles. The molecule has 2 aliphatic heterocycles. The first-order valence-electron chi connectivity index (χ1n) is 11.2. The molecule has 4 rings (SSSR count). The molecule has 0 spiro atoms. The van der Waals surface area contributed by atoms with E-state index in [1.807, 2.05) is 7.11 Å². The Morgan fingerprint density at radius 2 is 1.77 bits per heavy atom. The highest BCUT2D eigenvalue weighted by atomic mass is 16.7. The van der Waals surface area contributed by atoms with Crippen molar-refractivity contribution in [2.24, 2.45) is 29.6 Å². The molecule has 0 aromatic heterocycles. The van der Waals surface area contributed by atoms with Crippen molar-refractivity contribution >= 4 is 0 Å². The second-order valence-electron chi connectivity index (χ2n) is 9.61. The average molecular weight is 362 g/mol. The molecule has 0 radical (unpaired) electrons. The summed E-state index contributed by atoms with van der Waals surface area (Å²) in [6.07, 6.45) is 16.6. The van der Waals surface area contributed by atoms with E-state index < -0.39 is 0 Å². The monoisotopic (exact) mass is 361 g/mol. The second kappa shape index (κ2) is 7.93. The topological polar surface area (TPSA) is 21.7 Å². The highest BCUT2D eigenvalue weighted by Gasteiger charge is 2.53. The first-order valence-corrected chi connectivity index (χ1v) is 11.2. The Labute approximate surface area is 160 Å². The minimum Gasteiger partial charge on any atom is -0.356 e. The Morgan fingerprint density at radius 3 is 2.58 bits per heavy atom. The van der Waals surface area contributed by atoms with Crippen molar-refractivity contribution in [3.63, 3.8) is 0 Å². The van der Waals surface area contributed by atoms with Gasteiger partial charge in [-0.25, -0.2) is 0 Å². The van der Waals surface area contributed by atoms with Crippen LogP contribution in [-0.4, -0.2) is 43.5 Å². The SMILES string of the molecule is COC1OC(C)C2C1CC1CCCCC1[C@@H]2/C=C/C1CCCC(C)N1C. The summed E-state index contributed by atoms with van der Waals surface area (Å²) in [6.45, 7) is 4.67. The molecule has 148 valence electrons. The van der Waals surface area contributed by atoms with Gasteiger partial charge >= 0.3 is 0 Å². The largest absolute Gasteiger partial charge is 0.356 e. The van der Waals surface area contributed by atoms with Crippen molar-refractivity contribution in [1.29, 1.82) is 0 Å². The van der Waals surface area contributed by atoms with Crippen LogP contribution in [0.5, 0.6) is 0 Å². The lowest BCUT2D eigenvalue weighted by atomic mass is 9.57. The summed E-state index contributed by atoms with van der Waals surface area (Å²) in [4.78, 5) is 2.59. The normalized spacial score (nSPS) is 49.9. The van der Waals surface area contributed by atoms with Crippen LogP contribution in [0.3, 0.4) is 0 Å². The van der Waals surface area contributed by atoms with Gasteiger partial charge in [0.15, 0.2) is 6.29 Å². The van der Waals surface area contributed by atoms with Gasteiger partial charge in [-0.05, 0) is 70.3 Å². The highest BCUT2D eigenvalue weighted by molar-refractivity contribution is 5.09. The van der Waals surface area contributed by atoms with Crippen LogP contribution in [0.15, 0.2) is 12.2 Å². The van der Waals surface area contributed by atoms with E-state index in [4.69, 9.17) is 9.47 Å². The Bertz CT molecular complexity index is 506. The van der Waals surface area contributed by atoms with Crippen molar-refractivity contribution in [3.8, 4) is 0 Å². The number of likely N-dealkylation sites (tertiary alicyclic amines) is 1. The number of methoxy groups -OCH3 is 1. The lowest BCUT2D eigenvalue weighted by molar-refractivity contribution is -0.132. The quantitative estimate of drug-likeness (QED) is 0.670. The fourth-order valence-electron chi connectivity index (χ4n) is 6.82. The lowest BCUT2D eigenvalue weighted by Crippen LogP contribution is -2.44. The fourth-order valence-corrected chi connectivity index (χ4v) is 6.82. The average Bonchev–Trinajstić information content (AvgIpc) is 2.97. The zero-order chi connectivity index (χ0) is 18.3. The maximum atomic E-state index is 6.26. The van der Waals surface area contributed by atoms with Gasteiger partial charge in [-0.3, -0.25) is 4.90 Å². The van der Waals surface area contributed by atoms with E-state index in [0.717, 1.165) is 11.8 Å². The molecule has 2 aliphatic carbocycles. The van der Waals surface area contributed by atoms with Gasteiger partial charge in [0.05, 0.1) is 6.10 Å². The summed E-state index contributed by atoms with van der Waals surface area (Å²) in [5.74, 6) is 3.66. The van der Waals surface area contributed by atoms with Crippen LogP contribution >= 0.6 is 0 Å². The van der Waals surface area contributed by atoms with Gasteiger partial charge in [0.25, 0.3) is 0 Å². The van der Waals surface area contributed by atoms with Crippen LogP contribution in [0.25, 0.3) is 0 Å². The Morgan fingerprint density at radius 1 is 0.962 bits per heavy atom. The van der Waals surface area contributed by atoms with Gasteiger partial charge in [0.1, 0.15) is 0 Å². The molecule has 0 aromatic rings. The van der Waals surface area contributed by atoms with Crippen LogP contribution in [0.2, 0.25) is 0 Å².